The highest BCUT2D eigenvalue weighted by Crippen LogP contribution is 2.15. The highest BCUT2D eigenvalue weighted by molar-refractivity contribution is 5.96. The molecular weight excluding hydrogens is 376 g/mol. The van der Waals surface area contributed by atoms with Gasteiger partial charge in [0.15, 0.2) is 6.61 Å². The number of rotatable bonds is 7. The van der Waals surface area contributed by atoms with E-state index in [0.29, 0.717) is 17.1 Å². The Bertz CT molecular complexity index is 885. The van der Waals surface area contributed by atoms with E-state index in [9.17, 15) is 19.2 Å². The van der Waals surface area contributed by atoms with Crippen LogP contribution in [0.15, 0.2) is 54.6 Å². The molecule has 0 unspecified atom stereocenters. The number of anilines is 3. The van der Waals surface area contributed by atoms with Gasteiger partial charge >= 0.3 is 12.0 Å². The number of urea groups is 1. The SMILES string of the molecule is CC(=O)Nc1cccc(NC(=O)COC(=O)[C@H](C)NC(=O)Nc2ccccc2)c1. The molecule has 0 aliphatic rings. The maximum absolute atomic E-state index is 12.0. The van der Waals surface area contributed by atoms with Gasteiger partial charge in [0.2, 0.25) is 5.91 Å². The van der Waals surface area contributed by atoms with E-state index in [1.54, 1.807) is 48.5 Å². The zero-order valence-corrected chi connectivity index (χ0v) is 16.0. The van der Waals surface area contributed by atoms with Crippen molar-refractivity contribution >= 4 is 40.9 Å². The lowest BCUT2D eigenvalue weighted by Crippen LogP contribution is -2.42. The maximum Gasteiger partial charge on any atom is 0.328 e. The highest BCUT2D eigenvalue weighted by atomic mass is 16.5. The standard InChI is InChI=1S/C20H22N4O5/c1-13(21-20(28)24-15-7-4-3-5-8-15)19(27)29-12-18(26)23-17-10-6-9-16(11-17)22-14(2)25/h3-11,13H,12H2,1-2H3,(H,22,25)(H,23,26)(H2,21,24,28)/t13-/m0/s1. The zero-order valence-electron chi connectivity index (χ0n) is 16.0. The van der Waals surface area contributed by atoms with Gasteiger partial charge < -0.3 is 26.0 Å². The van der Waals surface area contributed by atoms with Gasteiger partial charge in [0.25, 0.3) is 5.91 Å². The van der Waals surface area contributed by atoms with E-state index in [2.05, 4.69) is 21.3 Å². The molecule has 0 saturated carbocycles. The second-order valence-corrected chi connectivity index (χ2v) is 6.10. The summed E-state index contributed by atoms with van der Waals surface area (Å²) in [5.41, 5.74) is 1.53. The van der Waals surface area contributed by atoms with Crippen LogP contribution in [-0.4, -0.2) is 36.5 Å². The van der Waals surface area contributed by atoms with Gasteiger partial charge in [0, 0.05) is 24.0 Å². The first kappa shape index (κ1) is 21.4. The Labute approximate surface area is 167 Å². The number of hydrogen-bond acceptors (Lipinski definition) is 5. The van der Waals surface area contributed by atoms with E-state index >= 15 is 0 Å². The van der Waals surface area contributed by atoms with Crippen molar-refractivity contribution in [1.29, 1.82) is 0 Å². The molecule has 4 N–H and O–H groups in total. The van der Waals surface area contributed by atoms with Crippen LogP contribution in [0.1, 0.15) is 13.8 Å². The Balaban J connectivity index is 1.76. The van der Waals surface area contributed by atoms with Crippen LogP contribution in [0.3, 0.4) is 0 Å². The topological polar surface area (TPSA) is 126 Å². The maximum atomic E-state index is 12.0. The van der Waals surface area contributed by atoms with Crippen molar-refractivity contribution in [3.05, 3.63) is 54.6 Å². The van der Waals surface area contributed by atoms with E-state index in [4.69, 9.17) is 4.74 Å². The number of benzene rings is 2. The average molecular weight is 398 g/mol. The van der Waals surface area contributed by atoms with Crippen LogP contribution in [0.5, 0.6) is 0 Å². The molecular formula is C20H22N4O5. The van der Waals surface area contributed by atoms with Gasteiger partial charge in [-0.2, -0.15) is 0 Å². The van der Waals surface area contributed by atoms with Crippen molar-refractivity contribution in [2.24, 2.45) is 0 Å². The zero-order chi connectivity index (χ0) is 21.2. The molecule has 0 aliphatic heterocycles. The number of esters is 1. The first-order chi connectivity index (χ1) is 13.8. The third kappa shape index (κ3) is 7.71. The van der Waals surface area contributed by atoms with Gasteiger partial charge in [0.05, 0.1) is 0 Å². The predicted molar refractivity (Wildman–Crippen MR) is 108 cm³/mol. The van der Waals surface area contributed by atoms with E-state index in [1.807, 2.05) is 6.07 Å². The van der Waals surface area contributed by atoms with E-state index in [0.717, 1.165) is 0 Å². The molecule has 0 fully saturated rings. The van der Waals surface area contributed by atoms with E-state index in [-0.39, 0.29) is 5.91 Å². The van der Waals surface area contributed by atoms with Crippen molar-refractivity contribution in [2.75, 3.05) is 22.6 Å². The predicted octanol–water partition coefficient (Wildman–Crippen LogP) is 2.34. The van der Waals surface area contributed by atoms with E-state index in [1.165, 1.54) is 13.8 Å². The molecule has 2 aromatic rings. The molecule has 4 amide bonds. The lowest BCUT2D eigenvalue weighted by atomic mass is 10.2. The van der Waals surface area contributed by atoms with Crippen LogP contribution in [0, 0.1) is 0 Å². The minimum absolute atomic E-state index is 0.236. The third-order valence-electron chi connectivity index (χ3n) is 3.55. The first-order valence-electron chi connectivity index (χ1n) is 8.80. The number of carbonyl (C=O) groups is 4. The fourth-order valence-corrected chi connectivity index (χ4v) is 2.28. The van der Waals surface area contributed by atoms with Gasteiger partial charge in [-0.25, -0.2) is 9.59 Å². The minimum atomic E-state index is -0.949. The number of hydrogen-bond donors (Lipinski definition) is 4. The largest absolute Gasteiger partial charge is 0.454 e. The summed E-state index contributed by atoms with van der Waals surface area (Å²) in [4.78, 5) is 46.9. The van der Waals surface area contributed by atoms with Gasteiger partial charge in [-0.05, 0) is 37.3 Å². The van der Waals surface area contributed by atoms with Crippen molar-refractivity contribution in [2.45, 2.75) is 19.9 Å². The van der Waals surface area contributed by atoms with Crippen molar-refractivity contribution in [3.8, 4) is 0 Å². The molecule has 2 rings (SSSR count). The normalized spacial score (nSPS) is 11.0. The molecule has 9 nitrogen and oxygen atoms in total. The molecule has 0 radical (unpaired) electrons. The molecule has 0 heterocycles. The average Bonchev–Trinajstić information content (AvgIpc) is 2.66. The first-order valence-corrected chi connectivity index (χ1v) is 8.80. The second kappa shape index (κ2) is 10.5. The van der Waals surface area contributed by atoms with Crippen LogP contribution in [0.4, 0.5) is 21.9 Å². The Kier molecular flexibility index (Phi) is 7.72. The Morgan fingerprint density at radius 1 is 0.862 bits per heavy atom. The molecule has 0 spiro atoms. The molecule has 0 saturated heterocycles. The lowest BCUT2D eigenvalue weighted by molar-refractivity contribution is -0.148. The summed E-state index contributed by atoms with van der Waals surface area (Å²) >= 11 is 0. The Hall–Kier alpha value is -3.88. The van der Waals surface area contributed by atoms with Crippen molar-refractivity contribution < 1.29 is 23.9 Å². The fourth-order valence-electron chi connectivity index (χ4n) is 2.28. The van der Waals surface area contributed by atoms with Gasteiger partial charge in [-0.1, -0.05) is 24.3 Å². The molecule has 1 atom stereocenters. The van der Waals surface area contributed by atoms with Crippen LogP contribution in [0.2, 0.25) is 0 Å². The van der Waals surface area contributed by atoms with Gasteiger partial charge in [-0.15, -0.1) is 0 Å². The summed E-state index contributed by atoms with van der Waals surface area (Å²) in [6, 6.07) is 13.7. The summed E-state index contributed by atoms with van der Waals surface area (Å²) in [6.45, 7) is 2.30. The number of nitrogens with one attached hydrogen (secondary N) is 4. The number of carbonyl (C=O) groups excluding carboxylic acids is 4. The molecule has 0 bridgehead atoms. The smallest absolute Gasteiger partial charge is 0.328 e. The van der Waals surface area contributed by atoms with Gasteiger partial charge in [-0.3, -0.25) is 9.59 Å². The van der Waals surface area contributed by atoms with Gasteiger partial charge in [0.1, 0.15) is 6.04 Å². The Morgan fingerprint density at radius 3 is 2.14 bits per heavy atom. The van der Waals surface area contributed by atoms with Crippen LogP contribution >= 0.6 is 0 Å². The molecule has 2 aromatic carbocycles. The second-order valence-electron chi connectivity index (χ2n) is 6.10. The van der Waals surface area contributed by atoms with Crippen molar-refractivity contribution in [3.63, 3.8) is 0 Å². The van der Waals surface area contributed by atoms with Crippen LogP contribution < -0.4 is 21.3 Å². The molecule has 0 aromatic heterocycles. The van der Waals surface area contributed by atoms with Crippen LogP contribution in [-0.2, 0) is 19.1 Å². The quantitative estimate of drug-likeness (QED) is 0.533. The fraction of sp³-hybridized carbons (Fsp3) is 0.200. The number of ether oxygens (including phenoxy) is 1. The molecule has 29 heavy (non-hydrogen) atoms. The third-order valence-corrected chi connectivity index (χ3v) is 3.55. The number of amides is 4. The van der Waals surface area contributed by atoms with Crippen LogP contribution in [0.25, 0.3) is 0 Å². The minimum Gasteiger partial charge on any atom is -0.454 e. The molecule has 0 aliphatic carbocycles. The Morgan fingerprint density at radius 2 is 1.48 bits per heavy atom. The highest BCUT2D eigenvalue weighted by Gasteiger charge is 2.18. The molecule has 152 valence electrons. The monoisotopic (exact) mass is 398 g/mol. The summed E-state index contributed by atoms with van der Waals surface area (Å²) in [5, 5.41) is 10.2. The van der Waals surface area contributed by atoms with Crippen molar-refractivity contribution in [1.82, 2.24) is 5.32 Å². The summed E-state index contributed by atoms with van der Waals surface area (Å²) in [6.07, 6.45) is 0. The number of para-hydroxylation sites is 1. The summed E-state index contributed by atoms with van der Waals surface area (Å²) in [7, 11) is 0. The van der Waals surface area contributed by atoms with E-state index < -0.39 is 30.6 Å². The molecule has 9 heteroatoms. The summed E-state index contributed by atoms with van der Waals surface area (Å²) < 4.78 is 4.92. The lowest BCUT2D eigenvalue weighted by Gasteiger charge is -2.14. The summed E-state index contributed by atoms with van der Waals surface area (Å²) in [5.74, 6) is -1.55.